The van der Waals surface area contributed by atoms with Crippen molar-refractivity contribution in [2.75, 3.05) is 0 Å². The summed E-state index contributed by atoms with van der Waals surface area (Å²) in [5.74, 6) is 0. The highest BCUT2D eigenvalue weighted by atomic mass is 35.5. The molecule has 0 unspecified atom stereocenters. The number of allylic oxidation sites excluding steroid dienone is 5. The highest BCUT2D eigenvalue weighted by molar-refractivity contribution is 6.29. The van der Waals surface area contributed by atoms with Gasteiger partial charge >= 0.3 is 0 Å². The SMILES string of the molecule is C=C(C)/C=C\C=C(\Cl)CC. The maximum Gasteiger partial charge on any atom is 0.0178 e. The molecule has 0 aliphatic rings. The zero-order valence-corrected chi connectivity index (χ0v) is 7.28. The lowest BCUT2D eigenvalue weighted by atomic mass is 10.3. The third-order valence-electron chi connectivity index (χ3n) is 0.996. The molecule has 56 valence electrons. The molecular formula is C9H13Cl. The van der Waals surface area contributed by atoms with Crippen LogP contribution in [-0.4, -0.2) is 0 Å². The molecular weight excluding hydrogens is 144 g/mol. The van der Waals surface area contributed by atoms with Crippen LogP contribution in [0.15, 0.2) is 35.4 Å². The van der Waals surface area contributed by atoms with Gasteiger partial charge in [0.2, 0.25) is 0 Å². The first-order chi connectivity index (χ1) is 4.66. The Bertz CT molecular complexity index is 164. The first kappa shape index (κ1) is 9.51. The Morgan fingerprint density at radius 1 is 1.60 bits per heavy atom. The van der Waals surface area contributed by atoms with Crippen molar-refractivity contribution in [2.45, 2.75) is 20.3 Å². The molecule has 0 fully saturated rings. The van der Waals surface area contributed by atoms with Crippen LogP contribution in [-0.2, 0) is 0 Å². The zero-order chi connectivity index (χ0) is 7.98. The van der Waals surface area contributed by atoms with E-state index in [0.29, 0.717) is 0 Å². The van der Waals surface area contributed by atoms with Crippen molar-refractivity contribution in [3.63, 3.8) is 0 Å². The Morgan fingerprint density at radius 3 is 2.60 bits per heavy atom. The van der Waals surface area contributed by atoms with E-state index in [1.54, 1.807) is 0 Å². The van der Waals surface area contributed by atoms with E-state index in [2.05, 4.69) is 6.58 Å². The Hall–Kier alpha value is -0.490. The maximum absolute atomic E-state index is 5.73. The van der Waals surface area contributed by atoms with Crippen LogP contribution in [0.2, 0.25) is 0 Å². The molecule has 0 aromatic rings. The lowest BCUT2D eigenvalue weighted by molar-refractivity contribution is 1.19. The van der Waals surface area contributed by atoms with Crippen molar-refractivity contribution in [2.24, 2.45) is 0 Å². The normalized spacial score (nSPS) is 12.5. The van der Waals surface area contributed by atoms with E-state index in [9.17, 15) is 0 Å². The standard InChI is InChI=1S/C9H13Cl/c1-4-9(10)7-5-6-8(2)3/h5-7H,2,4H2,1,3H3/b6-5-,9-7+. The second-order valence-electron chi connectivity index (χ2n) is 2.17. The molecule has 0 saturated carbocycles. The molecule has 0 heterocycles. The molecule has 0 amide bonds. The topological polar surface area (TPSA) is 0 Å². The summed E-state index contributed by atoms with van der Waals surface area (Å²) in [6.45, 7) is 7.69. The van der Waals surface area contributed by atoms with Gasteiger partial charge in [0, 0.05) is 5.03 Å². The Balaban J connectivity index is 3.82. The third kappa shape index (κ3) is 5.64. The van der Waals surface area contributed by atoms with Crippen molar-refractivity contribution in [3.05, 3.63) is 35.4 Å². The van der Waals surface area contributed by atoms with Gasteiger partial charge in [-0.15, -0.1) is 0 Å². The van der Waals surface area contributed by atoms with Crippen LogP contribution < -0.4 is 0 Å². The van der Waals surface area contributed by atoms with Gasteiger partial charge in [-0.1, -0.05) is 42.8 Å². The van der Waals surface area contributed by atoms with Gasteiger partial charge in [-0.05, 0) is 19.4 Å². The third-order valence-corrected chi connectivity index (χ3v) is 1.39. The largest absolute Gasteiger partial charge is 0.0961 e. The van der Waals surface area contributed by atoms with Crippen molar-refractivity contribution in [1.82, 2.24) is 0 Å². The molecule has 0 saturated heterocycles. The summed E-state index contributed by atoms with van der Waals surface area (Å²) in [6.07, 6.45) is 6.62. The summed E-state index contributed by atoms with van der Waals surface area (Å²) in [5.41, 5.74) is 1.04. The molecule has 0 bridgehead atoms. The quantitative estimate of drug-likeness (QED) is 0.548. The average Bonchev–Trinajstić information content (AvgIpc) is 1.87. The van der Waals surface area contributed by atoms with Crippen LogP contribution >= 0.6 is 11.6 Å². The van der Waals surface area contributed by atoms with Gasteiger partial charge in [-0.3, -0.25) is 0 Å². The molecule has 0 aromatic heterocycles. The predicted molar refractivity (Wildman–Crippen MR) is 48.2 cm³/mol. The van der Waals surface area contributed by atoms with E-state index < -0.39 is 0 Å². The molecule has 0 atom stereocenters. The van der Waals surface area contributed by atoms with Gasteiger partial charge in [0.1, 0.15) is 0 Å². The fourth-order valence-electron chi connectivity index (χ4n) is 0.435. The van der Waals surface area contributed by atoms with E-state index in [1.807, 2.05) is 32.1 Å². The first-order valence-corrected chi connectivity index (χ1v) is 3.73. The molecule has 0 N–H and O–H groups in total. The summed E-state index contributed by atoms with van der Waals surface area (Å²) in [7, 11) is 0. The van der Waals surface area contributed by atoms with Crippen LogP contribution in [0, 0.1) is 0 Å². The minimum atomic E-state index is 0.873. The second-order valence-corrected chi connectivity index (χ2v) is 2.66. The Kier molecular flexibility index (Phi) is 5.05. The van der Waals surface area contributed by atoms with E-state index in [0.717, 1.165) is 17.0 Å². The van der Waals surface area contributed by atoms with Crippen molar-refractivity contribution >= 4 is 11.6 Å². The molecule has 1 heteroatoms. The Labute approximate surface area is 67.9 Å². The zero-order valence-electron chi connectivity index (χ0n) is 6.52. The van der Waals surface area contributed by atoms with Crippen LogP contribution in [0.3, 0.4) is 0 Å². The molecule has 0 aliphatic heterocycles. The van der Waals surface area contributed by atoms with E-state index in [-0.39, 0.29) is 0 Å². The summed E-state index contributed by atoms with van der Waals surface area (Å²) >= 11 is 5.73. The summed E-state index contributed by atoms with van der Waals surface area (Å²) in [6, 6.07) is 0. The fourth-order valence-corrected chi connectivity index (χ4v) is 0.507. The van der Waals surface area contributed by atoms with Crippen molar-refractivity contribution in [1.29, 1.82) is 0 Å². The molecule has 0 nitrogen and oxygen atoms in total. The van der Waals surface area contributed by atoms with Crippen LogP contribution in [0.25, 0.3) is 0 Å². The smallest absolute Gasteiger partial charge is 0.0178 e. The summed E-state index contributed by atoms with van der Waals surface area (Å²) in [4.78, 5) is 0. The molecule has 10 heavy (non-hydrogen) atoms. The highest BCUT2D eigenvalue weighted by Crippen LogP contribution is 2.05. The van der Waals surface area contributed by atoms with E-state index in [4.69, 9.17) is 11.6 Å². The fraction of sp³-hybridized carbons (Fsp3) is 0.333. The van der Waals surface area contributed by atoms with Crippen molar-refractivity contribution in [3.8, 4) is 0 Å². The van der Waals surface area contributed by atoms with E-state index >= 15 is 0 Å². The number of hydrogen-bond acceptors (Lipinski definition) is 0. The average molecular weight is 157 g/mol. The van der Waals surface area contributed by atoms with Crippen LogP contribution in [0.4, 0.5) is 0 Å². The van der Waals surface area contributed by atoms with Crippen LogP contribution in [0.5, 0.6) is 0 Å². The Morgan fingerprint density at radius 2 is 2.20 bits per heavy atom. The monoisotopic (exact) mass is 156 g/mol. The minimum Gasteiger partial charge on any atom is -0.0961 e. The predicted octanol–water partition coefficient (Wildman–Crippen LogP) is 3.65. The lowest BCUT2D eigenvalue weighted by Crippen LogP contribution is -1.64. The molecule has 0 rings (SSSR count). The van der Waals surface area contributed by atoms with Crippen molar-refractivity contribution < 1.29 is 0 Å². The summed E-state index contributed by atoms with van der Waals surface area (Å²) in [5, 5.41) is 0.873. The molecule has 0 radical (unpaired) electrons. The number of rotatable bonds is 3. The van der Waals surface area contributed by atoms with Gasteiger partial charge in [0.15, 0.2) is 0 Å². The van der Waals surface area contributed by atoms with Gasteiger partial charge in [-0.25, -0.2) is 0 Å². The first-order valence-electron chi connectivity index (χ1n) is 3.35. The van der Waals surface area contributed by atoms with Gasteiger partial charge in [-0.2, -0.15) is 0 Å². The second kappa shape index (κ2) is 5.31. The van der Waals surface area contributed by atoms with E-state index in [1.165, 1.54) is 0 Å². The summed E-state index contributed by atoms with van der Waals surface area (Å²) < 4.78 is 0. The molecule has 0 aromatic carbocycles. The van der Waals surface area contributed by atoms with Gasteiger partial charge in [0.05, 0.1) is 0 Å². The highest BCUT2D eigenvalue weighted by Gasteiger charge is 1.80. The van der Waals surface area contributed by atoms with Gasteiger partial charge < -0.3 is 0 Å². The molecule has 0 spiro atoms. The number of halogens is 1. The number of hydrogen-bond donors (Lipinski definition) is 0. The lowest BCUT2D eigenvalue weighted by Gasteiger charge is -1.86. The molecule has 0 aliphatic carbocycles. The minimum absolute atomic E-state index is 0.873. The van der Waals surface area contributed by atoms with Gasteiger partial charge in [0.25, 0.3) is 0 Å². The van der Waals surface area contributed by atoms with Crippen LogP contribution in [0.1, 0.15) is 20.3 Å². The maximum atomic E-state index is 5.73.